The molecule has 3 rings (SSSR count). The number of carbonyl (C=O) groups is 3. The summed E-state index contributed by atoms with van der Waals surface area (Å²) < 4.78 is 9.67. The number of ketones is 1. The summed E-state index contributed by atoms with van der Waals surface area (Å²) in [5.74, 6) is -2.04. The van der Waals surface area contributed by atoms with Gasteiger partial charge in [0.25, 0.3) is 0 Å². The lowest BCUT2D eigenvalue weighted by molar-refractivity contribution is 0.0549. The van der Waals surface area contributed by atoms with Gasteiger partial charge >= 0.3 is 11.9 Å². The minimum absolute atomic E-state index is 0.0789. The van der Waals surface area contributed by atoms with Crippen molar-refractivity contribution in [1.29, 1.82) is 0 Å². The number of benzene rings is 2. The van der Waals surface area contributed by atoms with E-state index in [1.165, 1.54) is 14.2 Å². The van der Waals surface area contributed by atoms with Crippen LogP contribution in [0.5, 0.6) is 0 Å². The molecule has 0 N–H and O–H groups in total. The van der Waals surface area contributed by atoms with Gasteiger partial charge in [0.15, 0.2) is 11.5 Å². The molecule has 1 aromatic heterocycles. The second-order valence-corrected chi connectivity index (χ2v) is 6.37. The monoisotopic (exact) mass is 377 g/mol. The molecule has 3 aromatic rings. The molecule has 0 amide bonds. The lowest BCUT2D eigenvalue weighted by Gasteiger charge is -2.16. The number of hydrogen-bond acceptors (Lipinski definition) is 6. The number of rotatable bonds is 4. The molecular weight excluding hydrogens is 358 g/mol. The van der Waals surface area contributed by atoms with Gasteiger partial charge in [-0.15, -0.1) is 0 Å². The summed E-state index contributed by atoms with van der Waals surface area (Å²) in [7, 11) is 2.38. The molecule has 28 heavy (non-hydrogen) atoms. The van der Waals surface area contributed by atoms with Crippen LogP contribution in [0.2, 0.25) is 0 Å². The van der Waals surface area contributed by atoms with Gasteiger partial charge in [-0.3, -0.25) is 4.79 Å². The van der Waals surface area contributed by atoms with Crippen LogP contribution < -0.4 is 0 Å². The van der Waals surface area contributed by atoms with E-state index < -0.39 is 17.7 Å². The van der Waals surface area contributed by atoms with Crippen molar-refractivity contribution in [3.63, 3.8) is 0 Å². The molecule has 0 radical (unpaired) electrons. The topological polar surface area (TPSA) is 82.6 Å². The average molecular weight is 377 g/mol. The molecule has 0 bridgehead atoms. The normalized spacial score (nSPS) is 10.6. The molecule has 6 heteroatoms. The molecule has 0 fully saturated rings. The molecule has 0 aliphatic carbocycles. The fraction of sp³-hybridized carbons (Fsp3) is 0.182. The van der Waals surface area contributed by atoms with E-state index in [0.29, 0.717) is 16.5 Å². The average Bonchev–Trinajstić information content (AvgIpc) is 2.71. The third-order valence-corrected chi connectivity index (χ3v) is 4.46. The summed E-state index contributed by atoms with van der Waals surface area (Å²) in [6.45, 7) is 3.72. The number of aryl methyl sites for hydroxylation is 2. The van der Waals surface area contributed by atoms with Gasteiger partial charge in [-0.2, -0.15) is 0 Å². The maximum absolute atomic E-state index is 13.4. The highest BCUT2D eigenvalue weighted by atomic mass is 16.5. The maximum Gasteiger partial charge on any atom is 0.357 e. The SMILES string of the molecule is COC(=O)c1nc2c(C)cc(C)cc2c(C(=O)c2ccccc2)c1C(=O)OC. The van der Waals surface area contributed by atoms with E-state index in [-0.39, 0.29) is 16.8 Å². The first-order valence-electron chi connectivity index (χ1n) is 8.60. The first-order chi connectivity index (χ1) is 13.4. The van der Waals surface area contributed by atoms with E-state index in [1.54, 1.807) is 36.4 Å². The van der Waals surface area contributed by atoms with Gasteiger partial charge < -0.3 is 9.47 Å². The number of fused-ring (bicyclic) bond motifs is 1. The standard InChI is InChI=1S/C22H19NO5/c1-12-10-13(2)18-15(11-12)16(20(24)14-8-6-5-7-9-14)17(21(25)27-3)19(23-18)22(26)28-4/h5-11H,1-4H3. The van der Waals surface area contributed by atoms with Gasteiger partial charge in [0, 0.05) is 16.5 Å². The number of pyridine rings is 1. The first-order valence-corrected chi connectivity index (χ1v) is 8.60. The molecule has 0 saturated heterocycles. The Bertz CT molecular complexity index is 1100. The third-order valence-electron chi connectivity index (χ3n) is 4.46. The van der Waals surface area contributed by atoms with E-state index >= 15 is 0 Å². The Labute approximate surface area is 162 Å². The highest BCUT2D eigenvalue weighted by molar-refractivity contribution is 6.23. The number of esters is 2. The van der Waals surface area contributed by atoms with Gasteiger partial charge in [0.2, 0.25) is 0 Å². The Morgan fingerprint density at radius 3 is 2.11 bits per heavy atom. The summed E-state index contributed by atoms with van der Waals surface area (Å²) >= 11 is 0. The zero-order valence-electron chi connectivity index (χ0n) is 16.0. The second kappa shape index (κ2) is 7.60. The number of carbonyl (C=O) groups excluding carboxylic acids is 3. The molecule has 142 valence electrons. The molecule has 0 unspecified atom stereocenters. The predicted molar refractivity (Wildman–Crippen MR) is 104 cm³/mol. The lowest BCUT2D eigenvalue weighted by atomic mass is 9.91. The number of aromatic nitrogens is 1. The van der Waals surface area contributed by atoms with Gasteiger partial charge in [-0.1, -0.05) is 42.0 Å². The Hall–Kier alpha value is -3.54. The van der Waals surface area contributed by atoms with Crippen molar-refractivity contribution < 1.29 is 23.9 Å². The van der Waals surface area contributed by atoms with Crippen molar-refractivity contribution >= 4 is 28.6 Å². The van der Waals surface area contributed by atoms with Gasteiger partial charge in [-0.05, 0) is 25.5 Å². The highest BCUT2D eigenvalue weighted by Crippen LogP contribution is 2.30. The summed E-state index contributed by atoms with van der Waals surface area (Å²) in [6, 6.07) is 12.2. The zero-order valence-corrected chi connectivity index (χ0v) is 16.0. The summed E-state index contributed by atoms with van der Waals surface area (Å²) in [6.07, 6.45) is 0. The number of hydrogen-bond donors (Lipinski definition) is 0. The summed E-state index contributed by atoms with van der Waals surface area (Å²) in [5.41, 5.74) is 2.16. The van der Waals surface area contributed by atoms with Crippen molar-refractivity contribution in [3.05, 3.63) is 76.0 Å². The highest BCUT2D eigenvalue weighted by Gasteiger charge is 2.30. The van der Waals surface area contributed by atoms with E-state index in [4.69, 9.17) is 9.47 Å². The zero-order chi connectivity index (χ0) is 20.4. The van der Waals surface area contributed by atoms with Crippen LogP contribution in [-0.4, -0.2) is 36.9 Å². The van der Waals surface area contributed by atoms with Crippen LogP contribution in [0.3, 0.4) is 0 Å². The minimum Gasteiger partial charge on any atom is -0.465 e. The van der Waals surface area contributed by atoms with E-state index in [9.17, 15) is 14.4 Å². The minimum atomic E-state index is -0.826. The van der Waals surface area contributed by atoms with Crippen molar-refractivity contribution in [2.24, 2.45) is 0 Å². The number of nitrogens with zero attached hydrogens (tertiary/aromatic N) is 1. The Morgan fingerprint density at radius 2 is 1.50 bits per heavy atom. The smallest absolute Gasteiger partial charge is 0.357 e. The Kier molecular flexibility index (Phi) is 5.22. The first kappa shape index (κ1) is 19.2. The lowest BCUT2D eigenvalue weighted by Crippen LogP contribution is -2.20. The molecule has 0 aliphatic heterocycles. The molecule has 0 atom stereocenters. The maximum atomic E-state index is 13.4. The van der Waals surface area contributed by atoms with Gasteiger partial charge in [-0.25, -0.2) is 14.6 Å². The molecule has 0 spiro atoms. The quantitative estimate of drug-likeness (QED) is 0.510. The number of ether oxygens (including phenoxy) is 2. The fourth-order valence-corrected chi connectivity index (χ4v) is 3.23. The molecule has 1 heterocycles. The summed E-state index contributed by atoms with van der Waals surface area (Å²) in [4.78, 5) is 42.8. The number of methoxy groups -OCH3 is 2. The van der Waals surface area contributed by atoms with Crippen molar-refractivity contribution in [1.82, 2.24) is 4.98 Å². The largest absolute Gasteiger partial charge is 0.465 e. The molecular formula is C22H19NO5. The van der Waals surface area contributed by atoms with Gasteiger partial charge in [0.05, 0.1) is 19.7 Å². The van der Waals surface area contributed by atoms with E-state index in [0.717, 1.165) is 11.1 Å². The van der Waals surface area contributed by atoms with Crippen LogP contribution in [0.15, 0.2) is 42.5 Å². The van der Waals surface area contributed by atoms with E-state index in [2.05, 4.69) is 4.98 Å². The van der Waals surface area contributed by atoms with Crippen LogP contribution in [0.4, 0.5) is 0 Å². The van der Waals surface area contributed by atoms with Crippen LogP contribution in [0.1, 0.15) is 47.9 Å². The van der Waals surface area contributed by atoms with Crippen LogP contribution in [0, 0.1) is 13.8 Å². The van der Waals surface area contributed by atoms with Crippen molar-refractivity contribution in [3.8, 4) is 0 Å². The summed E-state index contributed by atoms with van der Waals surface area (Å²) in [5, 5.41) is 0.486. The van der Waals surface area contributed by atoms with Gasteiger partial charge in [0.1, 0.15) is 5.56 Å². The third kappa shape index (κ3) is 3.24. The molecule has 0 saturated carbocycles. The van der Waals surface area contributed by atoms with Crippen molar-refractivity contribution in [2.45, 2.75) is 13.8 Å². The van der Waals surface area contributed by atoms with Crippen LogP contribution in [-0.2, 0) is 9.47 Å². The molecule has 6 nitrogen and oxygen atoms in total. The fourth-order valence-electron chi connectivity index (χ4n) is 3.23. The molecule has 2 aromatic carbocycles. The predicted octanol–water partition coefficient (Wildman–Crippen LogP) is 3.66. The van der Waals surface area contributed by atoms with E-state index in [1.807, 2.05) is 19.9 Å². The second-order valence-electron chi connectivity index (χ2n) is 6.37. The Morgan fingerprint density at radius 1 is 0.857 bits per heavy atom. The van der Waals surface area contributed by atoms with Crippen LogP contribution >= 0.6 is 0 Å². The Balaban J connectivity index is 2.51. The van der Waals surface area contributed by atoms with Crippen molar-refractivity contribution in [2.75, 3.05) is 14.2 Å². The van der Waals surface area contributed by atoms with Crippen LogP contribution in [0.25, 0.3) is 10.9 Å². The molecule has 0 aliphatic rings.